The molecule has 0 saturated carbocycles. The third-order valence-electron chi connectivity index (χ3n) is 0.620. The Morgan fingerprint density at radius 1 is 1.38 bits per heavy atom. The quantitative estimate of drug-likeness (QED) is 0.223. The van der Waals surface area contributed by atoms with Crippen LogP contribution in [0.25, 0.3) is 0 Å². The Labute approximate surface area is 73.8 Å². The molecular weight excluding hydrogens is 87.9 g/mol. The molecule has 0 unspecified atom stereocenters. The molecule has 0 aliphatic heterocycles. The van der Waals surface area contributed by atoms with Crippen LogP contribution in [-0.2, 0) is 7.05 Å². The van der Waals surface area contributed by atoms with E-state index in [1.165, 1.54) is 0 Å². The van der Waals surface area contributed by atoms with Gasteiger partial charge in [0.1, 0.15) is 0 Å². The van der Waals surface area contributed by atoms with Crippen molar-refractivity contribution < 1.29 is 37.7 Å². The van der Waals surface area contributed by atoms with E-state index in [2.05, 4.69) is 12.3 Å². The molecule has 0 spiro atoms. The average Bonchev–Trinajstić information content (AvgIpc) is 1.86. The molecule has 0 aliphatic rings. The SMILES string of the molecule is Cn1[c-]c[c-]c1.[Li+].[Li+]. The Kier molecular flexibility index (Phi) is 7.92. The predicted molar refractivity (Wildman–Crippen MR) is 23.1 cm³/mol. The van der Waals surface area contributed by atoms with Crippen LogP contribution < -0.4 is 37.7 Å². The molecule has 1 aromatic rings. The van der Waals surface area contributed by atoms with Gasteiger partial charge in [-0.1, -0.05) is 0 Å². The number of aryl methyl sites for hydroxylation is 1. The summed E-state index contributed by atoms with van der Waals surface area (Å²) in [4.78, 5) is 0. The van der Waals surface area contributed by atoms with E-state index < -0.39 is 0 Å². The summed E-state index contributed by atoms with van der Waals surface area (Å²) in [5.74, 6) is 0. The van der Waals surface area contributed by atoms with Crippen LogP contribution in [-0.4, -0.2) is 4.57 Å². The Balaban J connectivity index is 0. The Morgan fingerprint density at radius 3 is 2.12 bits per heavy atom. The molecule has 0 saturated heterocycles. The summed E-state index contributed by atoms with van der Waals surface area (Å²) in [7, 11) is 1.91. The maximum absolute atomic E-state index is 2.86. The van der Waals surface area contributed by atoms with E-state index in [9.17, 15) is 0 Å². The van der Waals surface area contributed by atoms with Crippen molar-refractivity contribution in [3.05, 3.63) is 24.5 Å². The van der Waals surface area contributed by atoms with Crippen LogP contribution in [0.5, 0.6) is 0 Å². The van der Waals surface area contributed by atoms with Crippen LogP contribution in [0.3, 0.4) is 0 Å². The number of nitrogens with zero attached hydrogens (tertiary/aromatic N) is 1. The van der Waals surface area contributed by atoms with Crippen LogP contribution in [0.1, 0.15) is 0 Å². The Bertz CT molecular complexity index is 114. The molecule has 1 aromatic heterocycles. The molecule has 1 heterocycles. The van der Waals surface area contributed by atoms with Gasteiger partial charge in [-0.2, -0.15) is 0 Å². The molecule has 0 aliphatic carbocycles. The van der Waals surface area contributed by atoms with Crippen LogP contribution in [0.2, 0.25) is 0 Å². The third kappa shape index (κ3) is 3.47. The van der Waals surface area contributed by atoms with Crippen molar-refractivity contribution >= 4 is 0 Å². The van der Waals surface area contributed by atoms with Gasteiger partial charge in [0.2, 0.25) is 0 Å². The van der Waals surface area contributed by atoms with Crippen molar-refractivity contribution in [3.63, 3.8) is 0 Å². The monoisotopic (exact) mass is 93.1 g/mol. The predicted octanol–water partition coefficient (Wildman–Crippen LogP) is -5.37. The molecule has 0 atom stereocenters. The molecule has 0 radical (unpaired) electrons. The zero-order chi connectivity index (χ0) is 4.41. The first-order valence-electron chi connectivity index (χ1n) is 1.80. The number of hydrogen-bond donors (Lipinski definition) is 0. The van der Waals surface area contributed by atoms with Crippen molar-refractivity contribution in [2.45, 2.75) is 0 Å². The first-order chi connectivity index (χ1) is 2.89. The molecule has 8 heavy (non-hydrogen) atoms. The van der Waals surface area contributed by atoms with Crippen molar-refractivity contribution in [3.8, 4) is 0 Å². The third-order valence-corrected chi connectivity index (χ3v) is 0.620. The molecule has 32 valence electrons. The second-order valence-corrected chi connectivity index (χ2v) is 1.18. The van der Waals surface area contributed by atoms with Crippen LogP contribution in [0.4, 0.5) is 0 Å². The number of aromatic nitrogens is 1. The van der Waals surface area contributed by atoms with E-state index in [0.717, 1.165) is 0 Å². The van der Waals surface area contributed by atoms with E-state index in [-0.39, 0.29) is 37.7 Å². The zero-order valence-electron chi connectivity index (χ0n) is 5.60. The smallest absolute Gasteiger partial charge is 0.597 e. The van der Waals surface area contributed by atoms with E-state index >= 15 is 0 Å². The van der Waals surface area contributed by atoms with E-state index in [1.807, 2.05) is 17.8 Å². The molecule has 1 nitrogen and oxygen atoms in total. The average molecular weight is 93.0 g/mol. The van der Waals surface area contributed by atoms with Gasteiger partial charge in [-0.3, -0.25) is 6.20 Å². The Hall–Kier alpha value is 0.475. The largest absolute Gasteiger partial charge is 1.00 e. The van der Waals surface area contributed by atoms with Crippen molar-refractivity contribution in [2.75, 3.05) is 0 Å². The van der Waals surface area contributed by atoms with Gasteiger partial charge in [0.05, 0.1) is 0 Å². The number of hydrogen-bond acceptors (Lipinski definition) is 0. The molecule has 0 amide bonds. The fraction of sp³-hybridized carbons (Fsp3) is 0.200. The summed E-state index contributed by atoms with van der Waals surface area (Å²) in [6.45, 7) is 0. The van der Waals surface area contributed by atoms with E-state index in [0.29, 0.717) is 0 Å². The minimum Gasteiger partial charge on any atom is -0.597 e. The van der Waals surface area contributed by atoms with E-state index in [1.54, 1.807) is 6.07 Å². The first kappa shape index (κ1) is 11.3. The molecule has 0 aromatic carbocycles. The molecule has 0 fully saturated rings. The fourth-order valence-electron chi connectivity index (χ4n) is 0.325. The normalized spacial score (nSPS) is 6.62. The van der Waals surface area contributed by atoms with Crippen molar-refractivity contribution in [1.29, 1.82) is 0 Å². The summed E-state index contributed by atoms with van der Waals surface area (Å²) in [5.41, 5.74) is 0. The van der Waals surface area contributed by atoms with Gasteiger partial charge in [-0.25, -0.2) is 0 Å². The second-order valence-electron chi connectivity index (χ2n) is 1.18. The second kappa shape index (κ2) is 5.61. The maximum Gasteiger partial charge on any atom is 1.00 e. The summed E-state index contributed by atoms with van der Waals surface area (Å²) in [6, 6.07) is 4.59. The minimum absolute atomic E-state index is 0. The van der Waals surface area contributed by atoms with Gasteiger partial charge < -0.3 is 22.9 Å². The van der Waals surface area contributed by atoms with Gasteiger partial charge in [0.25, 0.3) is 0 Å². The zero-order valence-corrected chi connectivity index (χ0v) is 5.60. The number of rotatable bonds is 0. The molecule has 3 heteroatoms. The van der Waals surface area contributed by atoms with Crippen LogP contribution >= 0.6 is 0 Å². The first-order valence-corrected chi connectivity index (χ1v) is 1.80. The molecule has 0 N–H and O–H groups in total. The summed E-state index contributed by atoms with van der Waals surface area (Å²) in [6.07, 6.45) is 4.68. The van der Waals surface area contributed by atoms with Gasteiger partial charge in [0, 0.05) is 0 Å². The van der Waals surface area contributed by atoms with Gasteiger partial charge >= 0.3 is 37.7 Å². The summed E-state index contributed by atoms with van der Waals surface area (Å²) < 4.78 is 1.82. The summed E-state index contributed by atoms with van der Waals surface area (Å²) in [5, 5.41) is 0. The maximum atomic E-state index is 2.86. The standard InChI is InChI=1S/C5H5N.2Li/c1-6-4-2-3-5-6;;/h2,5H,1H3;;/q-2;2*+1. The minimum atomic E-state index is 0. The van der Waals surface area contributed by atoms with Crippen molar-refractivity contribution in [2.24, 2.45) is 7.05 Å². The van der Waals surface area contributed by atoms with E-state index in [4.69, 9.17) is 0 Å². The molecule has 1 rings (SSSR count). The van der Waals surface area contributed by atoms with Gasteiger partial charge in [-0.05, 0) is 7.05 Å². The van der Waals surface area contributed by atoms with Crippen molar-refractivity contribution in [1.82, 2.24) is 4.57 Å². The van der Waals surface area contributed by atoms with Gasteiger partial charge in [-0.15, -0.1) is 0 Å². The Morgan fingerprint density at radius 2 is 2.00 bits per heavy atom. The molecule has 0 bridgehead atoms. The van der Waals surface area contributed by atoms with Crippen LogP contribution in [0, 0.1) is 12.3 Å². The van der Waals surface area contributed by atoms with Gasteiger partial charge in [0.15, 0.2) is 0 Å². The van der Waals surface area contributed by atoms with Crippen LogP contribution in [0.15, 0.2) is 12.3 Å². The molecular formula is C5H5Li2N. The summed E-state index contributed by atoms with van der Waals surface area (Å²) >= 11 is 0. The fourth-order valence-corrected chi connectivity index (χ4v) is 0.325. The topological polar surface area (TPSA) is 4.93 Å².